The Labute approximate surface area is 111 Å². The topological polar surface area (TPSA) is 24.5 Å². The fourth-order valence-corrected chi connectivity index (χ4v) is 4.28. The average Bonchev–Trinajstić information content (AvgIpc) is 2.63. The zero-order valence-electron chi connectivity index (χ0n) is 11.7. The summed E-state index contributed by atoms with van der Waals surface area (Å²) >= 11 is 0. The van der Waals surface area contributed by atoms with E-state index in [0.29, 0.717) is 0 Å². The third kappa shape index (κ3) is 2.73. The zero-order chi connectivity index (χ0) is 12.4. The van der Waals surface area contributed by atoms with Gasteiger partial charge < -0.3 is 10.1 Å². The highest BCUT2D eigenvalue weighted by atomic mass is 16.5. The van der Waals surface area contributed by atoms with Crippen LogP contribution in [0.4, 0.5) is 0 Å². The highest BCUT2D eigenvalue weighted by Crippen LogP contribution is 2.36. The van der Waals surface area contributed by atoms with E-state index in [1.165, 1.54) is 45.1 Å². The first-order valence-electron chi connectivity index (χ1n) is 7.93. The zero-order valence-corrected chi connectivity index (χ0v) is 11.7. The second kappa shape index (κ2) is 5.89. The fraction of sp³-hybridized carbons (Fsp3) is 1.00. The Bertz CT molecular complexity index is 251. The Morgan fingerprint density at radius 1 is 1.17 bits per heavy atom. The smallest absolute Gasteiger partial charge is 0.0506 e. The SMILES string of the molecule is CCNC1CC2CCC(C1)N2CC1CCCOC1. The molecule has 0 saturated carbocycles. The minimum atomic E-state index is 0.784. The van der Waals surface area contributed by atoms with E-state index in [-0.39, 0.29) is 0 Å². The Hall–Kier alpha value is -0.120. The van der Waals surface area contributed by atoms with Gasteiger partial charge in [0.25, 0.3) is 0 Å². The van der Waals surface area contributed by atoms with E-state index < -0.39 is 0 Å². The van der Waals surface area contributed by atoms with Crippen LogP contribution in [0.25, 0.3) is 0 Å². The molecule has 0 aromatic rings. The summed E-state index contributed by atoms with van der Waals surface area (Å²) in [6.45, 7) is 6.65. The molecular weight excluding hydrogens is 224 g/mol. The molecule has 0 radical (unpaired) electrons. The quantitative estimate of drug-likeness (QED) is 0.828. The van der Waals surface area contributed by atoms with Crippen LogP contribution in [0.1, 0.15) is 45.4 Å². The third-order valence-electron chi connectivity index (χ3n) is 5.10. The lowest BCUT2D eigenvalue weighted by molar-refractivity contribution is 0.0185. The van der Waals surface area contributed by atoms with Crippen molar-refractivity contribution in [2.24, 2.45) is 5.92 Å². The van der Waals surface area contributed by atoms with Crippen molar-refractivity contribution in [3.8, 4) is 0 Å². The highest BCUT2D eigenvalue weighted by molar-refractivity contribution is 4.98. The van der Waals surface area contributed by atoms with Gasteiger partial charge in [0, 0.05) is 31.3 Å². The van der Waals surface area contributed by atoms with E-state index in [2.05, 4.69) is 17.1 Å². The fourth-order valence-electron chi connectivity index (χ4n) is 4.28. The molecule has 0 aliphatic carbocycles. The Morgan fingerprint density at radius 2 is 1.94 bits per heavy atom. The van der Waals surface area contributed by atoms with Gasteiger partial charge in [0.15, 0.2) is 0 Å². The molecule has 3 heteroatoms. The van der Waals surface area contributed by atoms with Crippen molar-refractivity contribution in [3.63, 3.8) is 0 Å². The van der Waals surface area contributed by atoms with Crippen molar-refractivity contribution in [1.82, 2.24) is 10.2 Å². The van der Waals surface area contributed by atoms with Crippen molar-refractivity contribution >= 4 is 0 Å². The van der Waals surface area contributed by atoms with Crippen LogP contribution in [-0.2, 0) is 4.74 Å². The lowest BCUT2D eigenvalue weighted by Crippen LogP contribution is -2.51. The van der Waals surface area contributed by atoms with Crippen LogP contribution in [0.15, 0.2) is 0 Å². The Morgan fingerprint density at radius 3 is 2.56 bits per heavy atom. The number of hydrogen-bond acceptors (Lipinski definition) is 3. The van der Waals surface area contributed by atoms with Gasteiger partial charge in [-0.15, -0.1) is 0 Å². The van der Waals surface area contributed by atoms with Gasteiger partial charge in [-0.05, 0) is 51.0 Å². The van der Waals surface area contributed by atoms with Crippen LogP contribution < -0.4 is 5.32 Å². The Kier molecular flexibility index (Phi) is 4.22. The lowest BCUT2D eigenvalue weighted by atomic mass is 9.94. The molecule has 104 valence electrons. The first-order chi connectivity index (χ1) is 8.86. The summed E-state index contributed by atoms with van der Waals surface area (Å²) in [4.78, 5) is 2.83. The number of piperidine rings is 1. The van der Waals surface area contributed by atoms with Gasteiger partial charge in [0.05, 0.1) is 6.61 Å². The molecule has 3 atom stereocenters. The number of fused-ring (bicyclic) bond motifs is 2. The molecule has 3 rings (SSSR count). The summed E-state index contributed by atoms with van der Waals surface area (Å²) in [6, 6.07) is 2.50. The first-order valence-corrected chi connectivity index (χ1v) is 7.93. The molecule has 3 heterocycles. The molecule has 3 aliphatic rings. The summed E-state index contributed by atoms with van der Waals surface area (Å²) < 4.78 is 5.64. The van der Waals surface area contributed by atoms with E-state index in [1.54, 1.807) is 0 Å². The number of hydrogen-bond donors (Lipinski definition) is 1. The molecule has 3 nitrogen and oxygen atoms in total. The predicted molar refractivity (Wildman–Crippen MR) is 73.8 cm³/mol. The molecule has 2 bridgehead atoms. The number of rotatable bonds is 4. The molecule has 3 saturated heterocycles. The van der Waals surface area contributed by atoms with Crippen LogP contribution >= 0.6 is 0 Å². The van der Waals surface area contributed by atoms with E-state index >= 15 is 0 Å². The summed E-state index contributed by atoms with van der Waals surface area (Å²) in [5.74, 6) is 0.803. The summed E-state index contributed by atoms with van der Waals surface area (Å²) in [5.41, 5.74) is 0. The van der Waals surface area contributed by atoms with Gasteiger partial charge in [-0.2, -0.15) is 0 Å². The van der Waals surface area contributed by atoms with E-state index in [1.807, 2.05) is 0 Å². The van der Waals surface area contributed by atoms with Crippen LogP contribution in [0, 0.1) is 5.92 Å². The molecule has 0 aromatic heterocycles. The molecule has 0 amide bonds. The molecule has 3 unspecified atom stereocenters. The number of nitrogens with zero attached hydrogens (tertiary/aromatic N) is 1. The van der Waals surface area contributed by atoms with Crippen molar-refractivity contribution in [2.45, 2.75) is 63.6 Å². The largest absolute Gasteiger partial charge is 0.381 e. The van der Waals surface area contributed by atoms with E-state index in [0.717, 1.165) is 43.8 Å². The average molecular weight is 252 g/mol. The van der Waals surface area contributed by atoms with Crippen molar-refractivity contribution in [1.29, 1.82) is 0 Å². The monoisotopic (exact) mass is 252 g/mol. The maximum absolute atomic E-state index is 5.64. The maximum Gasteiger partial charge on any atom is 0.0506 e. The molecule has 0 spiro atoms. The minimum Gasteiger partial charge on any atom is -0.381 e. The van der Waals surface area contributed by atoms with Crippen LogP contribution in [-0.4, -0.2) is 49.3 Å². The maximum atomic E-state index is 5.64. The Balaban J connectivity index is 1.54. The van der Waals surface area contributed by atoms with Crippen molar-refractivity contribution < 1.29 is 4.74 Å². The second-order valence-corrected chi connectivity index (χ2v) is 6.39. The van der Waals surface area contributed by atoms with Gasteiger partial charge in [0.2, 0.25) is 0 Å². The lowest BCUT2D eigenvalue weighted by Gasteiger charge is -2.41. The highest BCUT2D eigenvalue weighted by Gasteiger charge is 2.41. The van der Waals surface area contributed by atoms with Crippen LogP contribution in [0.5, 0.6) is 0 Å². The summed E-state index contributed by atoms with van der Waals surface area (Å²) in [6.07, 6.45) is 8.26. The van der Waals surface area contributed by atoms with Crippen molar-refractivity contribution in [2.75, 3.05) is 26.3 Å². The standard InChI is InChI=1S/C15H28N2O/c1-2-16-13-8-14-5-6-15(9-13)17(14)10-12-4-3-7-18-11-12/h12-16H,2-11H2,1H3. The first kappa shape index (κ1) is 12.9. The minimum absolute atomic E-state index is 0.784. The summed E-state index contributed by atoms with van der Waals surface area (Å²) in [7, 11) is 0. The van der Waals surface area contributed by atoms with Gasteiger partial charge in [-0.1, -0.05) is 6.92 Å². The van der Waals surface area contributed by atoms with Gasteiger partial charge in [-0.3, -0.25) is 4.90 Å². The van der Waals surface area contributed by atoms with Gasteiger partial charge in [0.1, 0.15) is 0 Å². The molecule has 18 heavy (non-hydrogen) atoms. The predicted octanol–water partition coefficient (Wildman–Crippen LogP) is 2.02. The molecule has 0 aromatic carbocycles. The molecule has 3 aliphatic heterocycles. The van der Waals surface area contributed by atoms with Crippen LogP contribution in [0.3, 0.4) is 0 Å². The second-order valence-electron chi connectivity index (χ2n) is 6.39. The van der Waals surface area contributed by atoms with E-state index in [9.17, 15) is 0 Å². The van der Waals surface area contributed by atoms with Crippen LogP contribution in [0.2, 0.25) is 0 Å². The van der Waals surface area contributed by atoms with Gasteiger partial charge >= 0.3 is 0 Å². The van der Waals surface area contributed by atoms with E-state index in [4.69, 9.17) is 4.74 Å². The summed E-state index contributed by atoms with van der Waals surface area (Å²) in [5, 5.41) is 3.66. The number of nitrogens with one attached hydrogen (secondary N) is 1. The third-order valence-corrected chi connectivity index (χ3v) is 5.10. The molecule has 1 N–H and O–H groups in total. The normalized spacial score (nSPS) is 41.2. The molecule has 3 fully saturated rings. The molecular formula is C15H28N2O. The number of ether oxygens (including phenoxy) is 1. The van der Waals surface area contributed by atoms with Crippen molar-refractivity contribution in [3.05, 3.63) is 0 Å². The van der Waals surface area contributed by atoms with Gasteiger partial charge in [-0.25, -0.2) is 0 Å².